The first-order chi connectivity index (χ1) is 9.88. The minimum absolute atomic E-state index is 0.0539. The molecule has 0 aromatic carbocycles. The molecule has 21 heavy (non-hydrogen) atoms. The normalized spacial score (nSPS) is 38.4. The highest BCUT2D eigenvalue weighted by Crippen LogP contribution is 2.36. The monoisotopic (exact) mass is 292 g/mol. The van der Waals surface area contributed by atoms with Gasteiger partial charge in [0.15, 0.2) is 0 Å². The smallest absolute Gasteiger partial charge is 0.309 e. The lowest BCUT2D eigenvalue weighted by Gasteiger charge is -2.25. The van der Waals surface area contributed by atoms with E-state index in [4.69, 9.17) is 9.47 Å². The van der Waals surface area contributed by atoms with Crippen LogP contribution < -0.4 is 0 Å². The zero-order valence-electron chi connectivity index (χ0n) is 13.2. The van der Waals surface area contributed by atoms with E-state index >= 15 is 0 Å². The molecule has 4 heteroatoms. The van der Waals surface area contributed by atoms with Gasteiger partial charge in [-0.15, -0.1) is 0 Å². The van der Waals surface area contributed by atoms with Gasteiger partial charge in [-0.25, -0.2) is 0 Å². The highest BCUT2D eigenvalue weighted by molar-refractivity contribution is 5.75. The van der Waals surface area contributed by atoms with Crippen molar-refractivity contribution in [3.8, 4) is 0 Å². The molecule has 0 saturated carbocycles. The summed E-state index contributed by atoms with van der Waals surface area (Å²) in [5.41, 5.74) is 2.30. The summed E-state index contributed by atoms with van der Waals surface area (Å²) in [6.45, 7) is 7.38. The fraction of sp³-hybridized carbons (Fsp3) is 0.647. The molecule has 0 spiro atoms. The molecule has 1 saturated heterocycles. The molecule has 0 amide bonds. The average Bonchev–Trinajstić information content (AvgIpc) is 2.64. The summed E-state index contributed by atoms with van der Waals surface area (Å²) in [6, 6.07) is 0. The largest absolute Gasteiger partial charge is 0.458 e. The van der Waals surface area contributed by atoms with E-state index in [9.17, 15) is 9.59 Å². The molecule has 0 unspecified atom stereocenters. The Hall–Kier alpha value is -1.58. The number of ether oxygens (including phenoxy) is 2. The Kier molecular flexibility index (Phi) is 4.86. The lowest BCUT2D eigenvalue weighted by atomic mass is 9.83. The van der Waals surface area contributed by atoms with Gasteiger partial charge in [-0.3, -0.25) is 9.59 Å². The second-order valence-corrected chi connectivity index (χ2v) is 6.19. The predicted octanol–water partition coefficient (Wildman–Crippen LogP) is 3.17. The summed E-state index contributed by atoms with van der Waals surface area (Å²) in [5, 5.41) is 0. The quantitative estimate of drug-likeness (QED) is 0.550. The lowest BCUT2D eigenvalue weighted by molar-refractivity contribution is -0.145. The van der Waals surface area contributed by atoms with Crippen molar-refractivity contribution in [2.45, 2.75) is 59.2 Å². The number of hydrogen-bond acceptors (Lipinski definition) is 4. The molecule has 0 radical (unpaired) electrons. The highest BCUT2D eigenvalue weighted by atomic mass is 16.6. The molecule has 2 rings (SSSR count). The zero-order valence-corrected chi connectivity index (χ0v) is 13.2. The topological polar surface area (TPSA) is 52.6 Å². The van der Waals surface area contributed by atoms with E-state index in [0.717, 1.165) is 18.4 Å². The lowest BCUT2D eigenvalue weighted by Crippen LogP contribution is -2.28. The Bertz CT molecular complexity index is 489. The van der Waals surface area contributed by atoms with E-state index < -0.39 is 0 Å². The molecular formula is C17H24O4. The number of allylic oxidation sites excluding steroid dienone is 2. The molecule has 2 aliphatic rings. The fourth-order valence-electron chi connectivity index (χ4n) is 3.08. The van der Waals surface area contributed by atoms with Gasteiger partial charge in [0.05, 0.1) is 5.92 Å². The van der Waals surface area contributed by atoms with Gasteiger partial charge in [0, 0.05) is 12.8 Å². The standard InChI is InChI=1S/C17H24O4/c1-10-6-5-7-11(2)15(20-13(4)18)9-14-12(3)17(19)21-16(14)8-10/h7-8,12,14-16H,5-6,9H2,1-4H3/b10-8+,11-7+/t12-,14-,15+,16-/m0/s1. The second kappa shape index (κ2) is 6.46. The van der Waals surface area contributed by atoms with Crippen LogP contribution in [-0.2, 0) is 19.1 Å². The van der Waals surface area contributed by atoms with Crippen molar-refractivity contribution in [3.63, 3.8) is 0 Å². The van der Waals surface area contributed by atoms with Crippen LogP contribution >= 0.6 is 0 Å². The summed E-state index contributed by atoms with van der Waals surface area (Å²) < 4.78 is 11.0. The first-order valence-electron chi connectivity index (χ1n) is 7.60. The summed E-state index contributed by atoms with van der Waals surface area (Å²) >= 11 is 0. The predicted molar refractivity (Wildman–Crippen MR) is 79.5 cm³/mol. The van der Waals surface area contributed by atoms with Gasteiger partial charge in [0.1, 0.15) is 12.2 Å². The van der Waals surface area contributed by atoms with E-state index in [1.54, 1.807) is 0 Å². The summed E-state index contributed by atoms with van der Waals surface area (Å²) in [7, 11) is 0. The summed E-state index contributed by atoms with van der Waals surface area (Å²) in [4.78, 5) is 23.2. The van der Waals surface area contributed by atoms with Gasteiger partial charge >= 0.3 is 11.9 Å². The maximum atomic E-state index is 11.9. The highest BCUT2D eigenvalue weighted by Gasteiger charge is 2.42. The van der Waals surface area contributed by atoms with Crippen LogP contribution in [0.5, 0.6) is 0 Å². The first kappa shape index (κ1) is 15.8. The van der Waals surface area contributed by atoms with E-state index in [1.165, 1.54) is 12.5 Å². The Morgan fingerprint density at radius 1 is 1.38 bits per heavy atom. The zero-order chi connectivity index (χ0) is 15.6. The molecule has 116 valence electrons. The number of esters is 2. The third-order valence-electron chi connectivity index (χ3n) is 4.44. The van der Waals surface area contributed by atoms with Crippen molar-refractivity contribution < 1.29 is 19.1 Å². The number of carbonyl (C=O) groups is 2. The molecule has 0 N–H and O–H groups in total. The van der Waals surface area contributed by atoms with Crippen LogP contribution in [0.15, 0.2) is 23.3 Å². The minimum Gasteiger partial charge on any atom is -0.458 e. The molecule has 0 aromatic heterocycles. The Balaban J connectivity index is 2.29. The van der Waals surface area contributed by atoms with Crippen LogP contribution in [0.3, 0.4) is 0 Å². The van der Waals surface area contributed by atoms with Crippen molar-refractivity contribution in [1.29, 1.82) is 0 Å². The second-order valence-electron chi connectivity index (χ2n) is 6.19. The van der Waals surface area contributed by atoms with Crippen molar-refractivity contribution in [2.75, 3.05) is 0 Å². The van der Waals surface area contributed by atoms with Gasteiger partial charge in [-0.2, -0.15) is 0 Å². The van der Waals surface area contributed by atoms with Crippen molar-refractivity contribution >= 4 is 11.9 Å². The van der Waals surface area contributed by atoms with Gasteiger partial charge in [0.2, 0.25) is 0 Å². The molecular weight excluding hydrogens is 268 g/mol. The van der Waals surface area contributed by atoms with E-state index in [1.807, 2.05) is 13.8 Å². The van der Waals surface area contributed by atoms with E-state index in [2.05, 4.69) is 19.1 Å². The van der Waals surface area contributed by atoms with Gasteiger partial charge in [-0.1, -0.05) is 18.6 Å². The third-order valence-corrected chi connectivity index (χ3v) is 4.44. The molecule has 1 heterocycles. The molecule has 0 bridgehead atoms. The molecule has 1 aliphatic carbocycles. The van der Waals surface area contributed by atoms with Crippen LogP contribution in [0.25, 0.3) is 0 Å². The van der Waals surface area contributed by atoms with Crippen molar-refractivity contribution in [3.05, 3.63) is 23.3 Å². The van der Waals surface area contributed by atoms with Gasteiger partial charge < -0.3 is 9.47 Å². The Morgan fingerprint density at radius 2 is 2.10 bits per heavy atom. The van der Waals surface area contributed by atoms with Crippen molar-refractivity contribution in [2.24, 2.45) is 11.8 Å². The van der Waals surface area contributed by atoms with E-state index in [0.29, 0.717) is 6.42 Å². The van der Waals surface area contributed by atoms with Crippen LogP contribution in [0.4, 0.5) is 0 Å². The SMILES string of the molecule is CC(=O)O[C@@H]1C[C@@H]2[C@H](/C=C(\C)CC/C=C/1C)OC(=O)[C@H]2C. The third kappa shape index (κ3) is 3.74. The van der Waals surface area contributed by atoms with Crippen LogP contribution in [0, 0.1) is 11.8 Å². The van der Waals surface area contributed by atoms with Crippen LogP contribution in [0.1, 0.15) is 47.0 Å². The molecule has 0 aromatic rings. The van der Waals surface area contributed by atoms with Crippen molar-refractivity contribution in [1.82, 2.24) is 0 Å². The molecule has 1 aliphatic heterocycles. The Labute approximate surface area is 126 Å². The maximum absolute atomic E-state index is 11.9. The van der Waals surface area contributed by atoms with Crippen LogP contribution in [0.2, 0.25) is 0 Å². The average molecular weight is 292 g/mol. The fourth-order valence-corrected chi connectivity index (χ4v) is 3.08. The minimum atomic E-state index is -0.286. The number of carbonyl (C=O) groups excluding carboxylic acids is 2. The molecule has 4 atom stereocenters. The Morgan fingerprint density at radius 3 is 2.76 bits per heavy atom. The summed E-state index contributed by atoms with van der Waals surface area (Å²) in [6.07, 6.45) is 6.20. The van der Waals surface area contributed by atoms with Crippen LogP contribution in [-0.4, -0.2) is 24.1 Å². The molecule has 4 nitrogen and oxygen atoms in total. The maximum Gasteiger partial charge on any atom is 0.309 e. The van der Waals surface area contributed by atoms with Gasteiger partial charge in [0.25, 0.3) is 0 Å². The molecule has 1 fully saturated rings. The summed E-state index contributed by atoms with van der Waals surface area (Å²) in [5.74, 6) is -0.551. The number of rotatable bonds is 1. The number of fused-ring (bicyclic) bond motifs is 1. The van der Waals surface area contributed by atoms with E-state index in [-0.39, 0.29) is 36.0 Å². The number of hydrogen-bond donors (Lipinski definition) is 0. The first-order valence-corrected chi connectivity index (χ1v) is 7.60. The van der Waals surface area contributed by atoms with Gasteiger partial charge in [-0.05, 0) is 44.8 Å².